The van der Waals surface area contributed by atoms with Crippen LogP contribution in [0.5, 0.6) is 0 Å². The van der Waals surface area contributed by atoms with Crippen LogP contribution in [0.3, 0.4) is 0 Å². The van der Waals surface area contributed by atoms with Gasteiger partial charge in [0.25, 0.3) is 5.91 Å². The number of carbonyl (C=O) groups is 5. The first-order valence-electron chi connectivity index (χ1n) is 19.4. The van der Waals surface area contributed by atoms with Gasteiger partial charge in [0, 0.05) is 25.4 Å². The number of hydrogen-bond acceptors (Lipinski definition) is 9. The van der Waals surface area contributed by atoms with Crippen LogP contribution < -0.4 is 10.0 Å². The van der Waals surface area contributed by atoms with Gasteiger partial charge in [-0.25, -0.2) is 18.0 Å². The number of halogens is 3. The number of carboxylic acids is 1. The topological polar surface area (TPSA) is 183 Å². The fraction of sp³-hybridized carbons (Fsp3) is 0.658. The Labute approximate surface area is 324 Å². The number of nitrogens with zero attached hydrogens (tertiary/aromatic N) is 3. The average molecular weight is 810 g/mol. The van der Waals surface area contributed by atoms with Gasteiger partial charge in [0.2, 0.25) is 21.8 Å². The molecule has 4 fully saturated rings. The van der Waals surface area contributed by atoms with E-state index in [2.05, 4.69) is 46.6 Å². The standard InChI is InChI=1S/C36H49N5O7S.C2HF3O2/c1-3-26-19-36(26,34(44)38-49(46,47)28-13-14-28)37-32(42)30-18-27-21-41(30)33(43)31-23(2)15-17-39(31)16-8-6-4-5-7-10-24-11-9-12-25-20-40(22-29(24)25)35(45)48-27;3-2(4,5)1(6)7/h3,9,11-12,23,26-28,30-31H,1,4-8,10,13-22H2,2H3,(H,37,42)(H,38,44);(H,6,7)/t23-,26+,27+,30-,31-,36+;/m0./s1. The minimum absolute atomic E-state index is 0.0614. The lowest BCUT2D eigenvalue weighted by atomic mass is 9.98. The van der Waals surface area contributed by atoms with Gasteiger partial charge in [0.1, 0.15) is 17.7 Å². The second kappa shape index (κ2) is 16.3. The highest BCUT2D eigenvalue weighted by Gasteiger charge is 2.62. The van der Waals surface area contributed by atoms with Crippen LogP contribution >= 0.6 is 0 Å². The van der Waals surface area contributed by atoms with Gasteiger partial charge in [-0.15, -0.1) is 6.58 Å². The first-order chi connectivity index (χ1) is 26.4. The Kier molecular flexibility index (Phi) is 12.1. The van der Waals surface area contributed by atoms with Crippen molar-refractivity contribution in [2.45, 2.75) is 126 Å². The first kappa shape index (κ1) is 41.4. The van der Waals surface area contributed by atoms with E-state index in [0.29, 0.717) is 25.9 Å². The van der Waals surface area contributed by atoms with E-state index in [0.717, 1.165) is 63.6 Å². The molecule has 6 aliphatic rings. The summed E-state index contributed by atoms with van der Waals surface area (Å²) in [5.74, 6) is -4.65. The predicted molar refractivity (Wildman–Crippen MR) is 195 cm³/mol. The van der Waals surface area contributed by atoms with E-state index < -0.39 is 75.0 Å². The number of benzene rings is 1. The normalized spacial score (nSPS) is 29.8. The zero-order valence-corrected chi connectivity index (χ0v) is 32.2. The molecule has 4 bridgehead atoms. The van der Waals surface area contributed by atoms with Crippen molar-refractivity contribution >= 4 is 39.8 Å². The van der Waals surface area contributed by atoms with E-state index in [1.54, 1.807) is 11.0 Å². The Hall–Kier alpha value is -4.19. The molecule has 4 aliphatic heterocycles. The zero-order valence-electron chi connectivity index (χ0n) is 31.4. The molecule has 1 aromatic carbocycles. The fourth-order valence-electron chi connectivity index (χ4n) is 8.47. The molecule has 0 spiro atoms. The van der Waals surface area contributed by atoms with Crippen LogP contribution in [0.1, 0.15) is 87.8 Å². The van der Waals surface area contributed by atoms with Crippen molar-refractivity contribution in [1.82, 2.24) is 24.7 Å². The molecule has 18 heteroatoms. The summed E-state index contributed by atoms with van der Waals surface area (Å²) in [7, 11) is -3.84. The van der Waals surface area contributed by atoms with E-state index in [1.807, 2.05) is 0 Å². The predicted octanol–water partition coefficient (Wildman–Crippen LogP) is 3.63. The number of carbonyl (C=O) groups excluding carboxylic acids is 4. The summed E-state index contributed by atoms with van der Waals surface area (Å²) in [6, 6.07) is 4.86. The minimum atomic E-state index is -5.08. The molecule has 2 aliphatic carbocycles. The highest BCUT2D eigenvalue weighted by Crippen LogP contribution is 2.45. The maximum absolute atomic E-state index is 14.4. The summed E-state index contributed by atoms with van der Waals surface area (Å²) in [6.45, 7) is 8.42. The maximum Gasteiger partial charge on any atom is 0.490 e. The summed E-state index contributed by atoms with van der Waals surface area (Å²) in [5.41, 5.74) is 2.10. The highest BCUT2D eigenvalue weighted by atomic mass is 32.2. The van der Waals surface area contributed by atoms with Gasteiger partial charge >= 0.3 is 18.2 Å². The van der Waals surface area contributed by atoms with Crippen molar-refractivity contribution < 1.29 is 55.4 Å². The maximum atomic E-state index is 14.4. The molecule has 2 saturated heterocycles. The van der Waals surface area contributed by atoms with E-state index in [1.165, 1.54) is 16.0 Å². The Morgan fingerprint density at radius 1 is 1.02 bits per heavy atom. The lowest BCUT2D eigenvalue weighted by Crippen LogP contribution is -2.58. The molecule has 0 radical (unpaired) electrons. The van der Waals surface area contributed by atoms with Crippen LogP contribution in [0.25, 0.3) is 0 Å². The molecule has 3 N–H and O–H groups in total. The van der Waals surface area contributed by atoms with E-state index in [4.69, 9.17) is 14.6 Å². The van der Waals surface area contributed by atoms with E-state index in [9.17, 15) is 40.8 Å². The third-order valence-electron chi connectivity index (χ3n) is 11.9. The van der Waals surface area contributed by atoms with Gasteiger partial charge in [0.05, 0.1) is 17.8 Å². The van der Waals surface area contributed by atoms with Crippen molar-refractivity contribution in [3.8, 4) is 0 Å². The smallest absolute Gasteiger partial charge is 0.475 e. The second-order valence-corrected chi connectivity index (χ2v) is 17.9. The van der Waals surface area contributed by atoms with Crippen LogP contribution in [-0.2, 0) is 53.4 Å². The van der Waals surface area contributed by atoms with E-state index in [-0.39, 0.29) is 31.2 Å². The molecule has 0 aromatic heterocycles. The monoisotopic (exact) mass is 809 g/mol. The SMILES string of the molecule is C=C[C@@H]1C[C@]1(NC(=O)[C@@H]1C[C@@H]2CN1C(=O)[C@@H]1[C@@H](C)CCN1CCCCCCCc1cccc3c1CN(C3)C(=O)O2)C(=O)NS(=O)(=O)C1CC1.O=C(O)C(F)(F)F. The van der Waals surface area contributed by atoms with Gasteiger partial charge in [-0.05, 0) is 80.6 Å². The summed E-state index contributed by atoms with van der Waals surface area (Å²) < 4.78 is 65.3. The number of hydrogen-bond donors (Lipinski definition) is 3. The van der Waals surface area contributed by atoms with Gasteiger partial charge in [-0.1, -0.05) is 50.5 Å². The summed E-state index contributed by atoms with van der Waals surface area (Å²) in [4.78, 5) is 70.0. The molecule has 4 heterocycles. The number of aryl methyl sites for hydroxylation is 1. The molecule has 0 unspecified atom stereocenters. The fourth-order valence-corrected chi connectivity index (χ4v) is 9.84. The Morgan fingerprint density at radius 3 is 2.36 bits per heavy atom. The lowest BCUT2D eigenvalue weighted by molar-refractivity contribution is -0.192. The Morgan fingerprint density at radius 2 is 1.70 bits per heavy atom. The van der Waals surface area contributed by atoms with Crippen LogP contribution in [0.4, 0.5) is 18.0 Å². The average Bonchev–Trinajstić information content (AvgIpc) is 3.98. The van der Waals surface area contributed by atoms with Gasteiger partial charge in [-0.3, -0.25) is 28.9 Å². The summed E-state index contributed by atoms with van der Waals surface area (Å²) in [6.07, 6.45) is 3.77. The van der Waals surface area contributed by atoms with E-state index >= 15 is 0 Å². The zero-order chi connectivity index (χ0) is 40.6. The van der Waals surface area contributed by atoms with Crippen molar-refractivity contribution in [3.05, 3.63) is 47.5 Å². The van der Waals surface area contributed by atoms with Crippen molar-refractivity contribution in [3.63, 3.8) is 0 Å². The third kappa shape index (κ3) is 9.00. The van der Waals surface area contributed by atoms with Crippen LogP contribution in [0.2, 0.25) is 0 Å². The largest absolute Gasteiger partial charge is 0.490 e. The van der Waals surface area contributed by atoms with Gasteiger partial charge in [-0.2, -0.15) is 13.2 Å². The molecular formula is C38H50F3N5O9S. The number of nitrogens with one attached hydrogen (secondary N) is 2. The van der Waals surface area contributed by atoms with Crippen LogP contribution in [0, 0.1) is 11.8 Å². The third-order valence-corrected chi connectivity index (χ3v) is 13.7. The molecule has 6 atom stereocenters. The molecule has 56 heavy (non-hydrogen) atoms. The number of ether oxygens (including phenoxy) is 1. The Bertz CT molecular complexity index is 1840. The molecule has 2 saturated carbocycles. The number of sulfonamides is 1. The first-order valence-corrected chi connectivity index (χ1v) is 20.9. The molecule has 14 nitrogen and oxygen atoms in total. The minimum Gasteiger partial charge on any atom is -0.475 e. The number of carboxylic acid groups (broad SMARTS) is 1. The molecule has 7 rings (SSSR count). The Balaban J connectivity index is 0.000000695. The molecule has 308 valence electrons. The highest BCUT2D eigenvalue weighted by molar-refractivity contribution is 7.91. The summed E-state index contributed by atoms with van der Waals surface area (Å²) >= 11 is 0. The molecule has 1 aromatic rings. The number of amides is 4. The quantitative estimate of drug-likeness (QED) is 0.359. The molecule has 4 amide bonds. The number of rotatable bonds is 6. The number of alkyl halides is 3. The second-order valence-electron chi connectivity index (χ2n) is 15.9. The van der Waals surface area contributed by atoms with Gasteiger partial charge < -0.3 is 20.1 Å². The van der Waals surface area contributed by atoms with Gasteiger partial charge in [0.15, 0.2) is 0 Å². The van der Waals surface area contributed by atoms with Crippen molar-refractivity contribution in [2.24, 2.45) is 11.8 Å². The van der Waals surface area contributed by atoms with Crippen LogP contribution in [0.15, 0.2) is 30.9 Å². The number of fused-ring (bicyclic) bond motifs is 4. The number of aliphatic carboxylic acids is 1. The summed E-state index contributed by atoms with van der Waals surface area (Å²) in [5, 5.41) is 9.37. The lowest BCUT2D eigenvalue weighted by Gasteiger charge is -2.33. The van der Waals surface area contributed by atoms with Crippen LogP contribution in [-0.4, -0.2) is 113 Å². The van der Waals surface area contributed by atoms with Crippen molar-refractivity contribution in [2.75, 3.05) is 19.6 Å². The van der Waals surface area contributed by atoms with Crippen molar-refractivity contribution in [1.29, 1.82) is 0 Å². The molecular weight excluding hydrogens is 760 g/mol.